The van der Waals surface area contributed by atoms with E-state index in [0.717, 1.165) is 13.1 Å². The van der Waals surface area contributed by atoms with Gasteiger partial charge in [0.1, 0.15) is 10.9 Å². The van der Waals surface area contributed by atoms with Crippen LogP contribution < -0.4 is 9.62 Å². The minimum Gasteiger partial charge on any atom is -0.328 e. The Bertz CT molecular complexity index is 1070. The molecule has 1 saturated heterocycles. The third-order valence-corrected chi connectivity index (χ3v) is 7.46. The summed E-state index contributed by atoms with van der Waals surface area (Å²) in [6.07, 6.45) is 2.35. The summed E-state index contributed by atoms with van der Waals surface area (Å²) in [5, 5.41) is 2.61. The van der Waals surface area contributed by atoms with E-state index in [0.29, 0.717) is 6.54 Å². The zero-order valence-electron chi connectivity index (χ0n) is 15.6. The van der Waals surface area contributed by atoms with Gasteiger partial charge in [0.05, 0.1) is 24.7 Å². The predicted molar refractivity (Wildman–Crippen MR) is 113 cm³/mol. The molecule has 0 spiro atoms. The van der Waals surface area contributed by atoms with Crippen LogP contribution in [0, 0.1) is 0 Å². The van der Waals surface area contributed by atoms with Crippen molar-refractivity contribution in [1.29, 1.82) is 0 Å². The maximum Gasteiger partial charge on any atom is 0.242 e. The summed E-state index contributed by atoms with van der Waals surface area (Å²) in [6.45, 7) is 2.46. The van der Waals surface area contributed by atoms with E-state index in [1.165, 1.54) is 34.1 Å². The molecule has 1 aliphatic rings. The highest BCUT2D eigenvalue weighted by atomic mass is 35.5. The van der Waals surface area contributed by atoms with E-state index in [1.807, 2.05) is 12.1 Å². The maximum absolute atomic E-state index is 12.9. The van der Waals surface area contributed by atoms with Crippen LogP contribution in [0.1, 0.15) is 24.4 Å². The highest BCUT2D eigenvalue weighted by molar-refractivity contribution is 7.89. The van der Waals surface area contributed by atoms with Crippen molar-refractivity contribution >= 4 is 32.4 Å². The monoisotopic (exact) mass is 415 g/mol. The minimum atomic E-state index is -3.67. The van der Waals surface area contributed by atoms with Crippen molar-refractivity contribution in [2.45, 2.75) is 23.8 Å². The summed E-state index contributed by atoms with van der Waals surface area (Å²) in [4.78, 5) is 1.56. The molecule has 0 aromatic heterocycles. The normalized spacial score (nSPS) is 16.5. The van der Waals surface area contributed by atoms with E-state index in [9.17, 15) is 8.42 Å². The van der Waals surface area contributed by atoms with Crippen molar-refractivity contribution in [2.75, 3.05) is 19.6 Å². The first kappa shape index (κ1) is 19.4. The van der Waals surface area contributed by atoms with Gasteiger partial charge in [0.25, 0.3) is 0 Å². The van der Waals surface area contributed by atoms with Crippen LogP contribution in [0.15, 0.2) is 71.6 Å². The Morgan fingerprint density at radius 2 is 1.61 bits per heavy atom. The maximum atomic E-state index is 12.9. The van der Waals surface area contributed by atoms with Gasteiger partial charge in [-0.05, 0) is 22.9 Å². The molecule has 3 aromatic carbocycles. The Balaban J connectivity index is 1.67. The number of quaternary nitrogens is 1. The number of sulfonamides is 1. The topological polar surface area (TPSA) is 50.6 Å². The Labute approximate surface area is 171 Å². The number of nitrogens with one attached hydrogen (secondary N) is 2. The lowest BCUT2D eigenvalue weighted by atomic mass is 9.98. The van der Waals surface area contributed by atoms with E-state index in [2.05, 4.69) is 35.1 Å². The van der Waals surface area contributed by atoms with Crippen LogP contribution in [0.5, 0.6) is 0 Å². The van der Waals surface area contributed by atoms with Gasteiger partial charge in [0.15, 0.2) is 0 Å². The Morgan fingerprint density at radius 1 is 0.929 bits per heavy atom. The van der Waals surface area contributed by atoms with Gasteiger partial charge in [-0.1, -0.05) is 66.2 Å². The lowest BCUT2D eigenvalue weighted by Gasteiger charge is -2.26. The standard InChI is InChI=1S/C22H23ClN2O2S/c23-20-12-3-4-13-22(20)28(26,27)24-16-21(25-14-5-6-15-25)19-11-7-9-17-8-1-2-10-18(17)19/h1-4,7-13,21,24H,5-6,14-16H2/p+1/t21-/m0/s1. The molecule has 0 aliphatic carbocycles. The molecule has 6 heteroatoms. The quantitative estimate of drug-likeness (QED) is 0.649. The fraction of sp³-hybridized carbons (Fsp3) is 0.273. The summed E-state index contributed by atoms with van der Waals surface area (Å²) >= 11 is 6.12. The van der Waals surface area contributed by atoms with Gasteiger partial charge in [-0.15, -0.1) is 0 Å². The fourth-order valence-electron chi connectivity index (χ4n) is 4.14. The van der Waals surface area contributed by atoms with E-state index in [1.54, 1.807) is 24.3 Å². The Morgan fingerprint density at radius 3 is 2.39 bits per heavy atom. The largest absolute Gasteiger partial charge is 0.328 e. The van der Waals surface area contributed by atoms with E-state index in [4.69, 9.17) is 11.6 Å². The first-order chi connectivity index (χ1) is 13.6. The van der Waals surface area contributed by atoms with Crippen molar-refractivity contribution < 1.29 is 13.3 Å². The van der Waals surface area contributed by atoms with Gasteiger partial charge in [-0.25, -0.2) is 13.1 Å². The molecule has 1 atom stereocenters. The van der Waals surface area contributed by atoms with Crippen LogP contribution in [-0.4, -0.2) is 28.1 Å². The highest BCUT2D eigenvalue weighted by Crippen LogP contribution is 2.25. The van der Waals surface area contributed by atoms with Crippen LogP contribution in [0.4, 0.5) is 0 Å². The average molecular weight is 416 g/mol. The van der Waals surface area contributed by atoms with Crippen molar-refractivity contribution in [3.8, 4) is 0 Å². The first-order valence-electron chi connectivity index (χ1n) is 9.63. The number of likely N-dealkylation sites (tertiary alicyclic amines) is 1. The minimum absolute atomic E-state index is 0.0610. The zero-order valence-corrected chi connectivity index (χ0v) is 17.1. The SMILES string of the molecule is O=S(=O)(NC[C@@H](c1cccc2ccccc12)[NH+]1CCCC1)c1ccccc1Cl. The molecule has 1 aliphatic heterocycles. The second-order valence-electron chi connectivity index (χ2n) is 7.27. The number of benzene rings is 3. The van der Waals surface area contributed by atoms with Crippen LogP contribution >= 0.6 is 11.6 Å². The van der Waals surface area contributed by atoms with Crippen LogP contribution in [-0.2, 0) is 10.0 Å². The van der Waals surface area contributed by atoms with Crippen molar-refractivity contribution in [3.05, 3.63) is 77.3 Å². The number of hydrogen-bond acceptors (Lipinski definition) is 2. The molecular weight excluding hydrogens is 392 g/mol. The van der Waals surface area contributed by atoms with Crippen molar-refractivity contribution in [2.24, 2.45) is 0 Å². The number of rotatable bonds is 6. The van der Waals surface area contributed by atoms with Gasteiger partial charge >= 0.3 is 0 Å². The number of halogens is 1. The molecule has 0 amide bonds. The summed E-state index contributed by atoms with van der Waals surface area (Å²) < 4.78 is 28.5. The third kappa shape index (κ3) is 3.94. The molecule has 4 nitrogen and oxygen atoms in total. The molecule has 0 unspecified atom stereocenters. The van der Waals surface area contributed by atoms with Crippen LogP contribution in [0.3, 0.4) is 0 Å². The summed E-state index contributed by atoms with van der Waals surface area (Å²) in [5.74, 6) is 0. The number of fused-ring (bicyclic) bond motifs is 1. The Kier molecular flexibility index (Phi) is 5.69. The van der Waals surface area contributed by atoms with Crippen molar-refractivity contribution in [1.82, 2.24) is 4.72 Å². The van der Waals surface area contributed by atoms with E-state index in [-0.39, 0.29) is 16.0 Å². The molecule has 0 bridgehead atoms. The summed E-state index contributed by atoms with van der Waals surface area (Å²) in [7, 11) is -3.67. The van der Waals surface area contributed by atoms with Gasteiger partial charge in [0.2, 0.25) is 10.0 Å². The second-order valence-corrected chi connectivity index (χ2v) is 9.41. The van der Waals surface area contributed by atoms with Crippen molar-refractivity contribution in [3.63, 3.8) is 0 Å². The lowest BCUT2D eigenvalue weighted by molar-refractivity contribution is -0.918. The fourth-order valence-corrected chi connectivity index (χ4v) is 5.70. The van der Waals surface area contributed by atoms with Crippen LogP contribution in [0.2, 0.25) is 5.02 Å². The molecule has 3 aromatic rings. The molecule has 28 heavy (non-hydrogen) atoms. The first-order valence-corrected chi connectivity index (χ1v) is 11.5. The molecule has 1 heterocycles. The molecule has 4 rings (SSSR count). The molecule has 0 saturated carbocycles. The predicted octanol–water partition coefficient (Wildman–Crippen LogP) is 3.19. The smallest absolute Gasteiger partial charge is 0.242 e. The van der Waals surface area contributed by atoms with Gasteiger partial charge in [0, 0.05) is 18.4 Å². The molecule has 146 valence electrons. The molecular formula is C22H24ClN2O2S+. The second kappa shape index (κ2) is 8.21. The molecule has 2 N–H and O–H groups in total. The third-order valence-electron chi connectivity index (χ3n) is 5.54. The van der Waals surface area contributed by atoms with Crippen LogP contribution in [0.25, 0.3) is 10.8 Å². The average Bonchev–Trinajstić information content (AvgIpc) is 3.23. The van der Waals surface area contributed by atoms with E-state index < -0.39 is 10.0 Å². The summed E-state index contributed by atoms with van der Waals surface area (Å²) in [5.41, 5.74) is 1.19. The van der Waals surface area contributed by atoms with Gasteiger partial charge in [-0.3, -0.25) is 0 Å². The van der Waals surface area contributed by atoms with Gasteiger partial charge < -0.3 is 4.90 Å². The molecule has 0 radical (unpaired) electrons. The Hall–Kier alpha value is -1.92. The van der Waals surface area contributed by atoms with E-state index >= 15 is 0 Å². The van der Waals surface area contributed by atoms with Gasteiger partial charge in [-0.2, -0.15) is 0 Å². The lowest BCUT2D eigenvalue weighted by Crippen LogP contribution is -3.11. The zero-order chi connectivity index (χ0) is 19.6. The molecule has 1 fully saturated rings. The highest BCUT2D eigenvalue weighted by Gasteiger charge is 2.30. The summed E-state index contributed by atoms with van der Waals surface area (Å²) in [6, 6.07) is 21.2. The number of hydrogen-bond donors (Lipinski definition) is 2.